The van der Waals surface area contributed by atoms with Gasteiger partial charge in [0.15, 0.2) is 0 Å². The van der Waals surface area contributed by atoms with Crippen LogP contribution in [0.2, 0.25) is 0 Å². The van der Waals surface area contributed by atoms with Crippen LogP contribution in [0.15, 0.2) is 23.3 Å². The predicted octanol–water partition coefficient (Wildman–Crippen LogP) is 2.07. The summed E-state index contributed by atoms with van der Waals surface area (Å²) in [5, 5.41) is 5.07. The Morgan fingerprint density at radius 2 is 2.18 bits per heavy atom. The molecule has 0 radical (unpaired) electrons. The van der Waals surface area contributed by atoms with Crippen LogP contribution in [0, 0.1) is 6.92 Å². The van der Waals surface area contributed by atoms with Crippen molar-refractivity contribution in [2.24, 2.45) is 0 Å². The lowest BCUT2D eigenvalue weighted by molar-refractivity contribution is 0.0933. The summed E-state index contributed by atoms with van der Waals surface area (Å²) in [7, 11) is 0. The van der Waals surface area contributed by atoms with Crippen molar-refractivity contribution < 1.29 is 4.79 Å². The molecule has 0 aromatic carbocycles. The first kappa shape index (κ1) is 13.6. The average Bonchev–Trinajstić information content (AvgIpc) is 3.10. The lowest BCUT2D eigenvalue weighted by atomic mass is 10.1. The van der Waals surface area contributed by atoms with Crippen LogP contribution in [0.3, 0.4) is 0 Å². The van der Waals surface area contributed by atoms with Gasteiger partial charge in [0.2, 0.25) is 0 Å². The van der Waals surface area contributed by atoms with Crippen molar-refractivity contribution in [3.63, 3.8) is 0 Å². The molecule has 0 saturated carbocycles. The van der Waals surface area contributed by atoms with Crippen molar-refractivity contribution in [3.05, 3.63) is 33.9 Å². The first-order valence-electron chi connectivity index (χ1n) is 6.86. The standard InChI is InChI=1S/C14H13N5OS2/c1-8-11(22-7-17-8)14(20)18-9-4-19(5-9)13-12-10(2-3-21-12)15-6-16-13/h2-3,6-7,9H,4-5H2,1H3,(H,18,20). The van der Waals surface area contributed by atoms with Gasteiger partial charge in [-0.2, -0.15) is 0 Å². The lowest BCUT2D eigenvalue weighted by Gasteiger charge is -2.40. The predicted molar refractivity (Wildman–Crippen MR) is 87.7 cm³/mol. The van der Waals surface area contributed by atoms with Crippen LogP contribution in [0.25, 0.3) is 10.2 Å². The molecule has 8 heteroatoms. The van der Waals surface area contributed by atoms with E-state index in [4.69, 9.17) is 0 Å². The zero-order valence-corrected chi connectivity index (χ0v) is 13.4. The minimum absolute atomic E-state index is 0.0337. The third-order valence-electron chi connectivity index (χ3n) is 3.69. The van der Waals surface area contributed by atoms with E-state index in [1.807, 2.05) is 18.4 Å². The Labute approximate surface area is 134 Å². The Balaban J connectivity index is 1.43. The zero-order chi connectivity index (χ0) is 15.1. The van der Waals surface area contributed by atoms with E-state index in [-0.39, 0.29) is 11.9 Å². The van der Waals surface area contributed by atoms with Gasteiger partial charge < -0.3 is 10.2 Å². The van der Waals surface area contributed by atoms with Crippen molar-refractivity contribution in [1.82, 2.24) is 20.3 Å². The molecule has 1 N–H and O–H groups in total. The van der Waals surface area contributed by atoms with Crippen molar-refractivity contribution in [1.29, 1.82) is 0 Å². The summed E-state index contributed by atoms with van der Waals surface area (Å²) in [6.07, 6.45) is 1.59. The van der Waals surface area contributed by atoms with E-state index in [0.29, 0.717) is 4.88 Å². The molecular weight excluding hydrogens is 318 g/mol. The van der Waals surface area contributed by atoms with Crippen LogP contribution in [-0.4, -0.2) is 40.0 Å². The zero-order valence-electron chi connectivity index (χ0n) is 11.8. The highest BCUT2D eigenvalue weighted by Crippen LogP contribution is 2.30. The summed E-state index contributed by atoms with van der Waals surface area (Å²) in [5.41, 5.74) is 3.46. The number of nitrogens with one attached hydrogen (secondary N) is 1. The third-order valence-corrected chi connectivity index (χ3v) is 5.52. The number of carbonyl (C=O) groups is 1. The maximum atomic E-state index is 12.2. The van der Waals surface area contributed by atoms with Crippen LogP contribution in [-0.2, 0) is 0 Å². The van der Waals surface area contributed by atoms with Crippen LogP contribution in [0.5, 0.6) is 0 Å². The molecule has 6 nitrogen and oxygen atoms in total. The second-order valence-electron chi connectivity index (χ2n) is 5.17. The molecule has 0 bridgehead atoms. The molecule has 4 heterocycles. The van der Waals surface area contributed by atoms with E-state index in [9.17, 15) is 4.79 Å². The number of aryl methyl sites for hydroxylation is 1. The fourth-order valence-corrected chi connectivity index (χ4v) is 4.08. The van der Waals surface area contributed by atoms with Crippen LogP contribution in [0.1, 0.15) is 15.4 Å². The summed E-state index contributed by atoms with van der Waals surface area (Å²) in [5.74, 6) is 0.924. The van der Waals surface area contributed by atoms with Crippen molar-refractivity contribution in [3.8, 4) is 0 Å². The molecule has 1 fully saturated rings. The van der Waals surface area contributed by atoms with Crippen LogP contribution < -0.4 is 10.2 Å². The molecule has 4 rings (SSSR count). The topological polar surface area (TPSA) is 71.0 Å². The summed E-state index contributed by atoms with van der Waals surface area (Å²) in [4.78, 5) is 27.8. The number of anilines is 1. The number of hydrogen-bond donors (Lipinski definition) is 1. The number of rotatable bonds is 3. The molecule has 112 valence electrons. The fourth-order valence-electron chi connectivity index (χ4n) is 2.51. The summed E-state index contributed by atoms with van der Waals surface area (Å²) in [6.45, 7) is 3.40. The number of hydrogen-bond acceptors (Lipinski definition) is 7. The fraction of sp³-hybridized carbons (Fsp3) is 0.286. The van der Waals surface area contributed by atoms with E-state index >= 15 is 0 Å². The highest BCUT2D eigenvalue weighted by Gasteiger charge is 2.31. The second-order valence-corrected chi connectivity index (χ2v) is 6.95. The molecule has 3 aromatic rings. The van der Waals surface area contributed by atoms with Gasteiger partial charge in [-0.1, -0.05) is 0 Å². The summed E-state index contributed by atoms with van der Waals surface area (Å²) >= 11 is 3.02. The first-order valence-corrected chi connectivity index (χ1v) is 8.62. The highest BCUT2D eigenvalue weighted by molar-refractivity contribution is 7.17. The van der Waals surface area contributed by atoms with E-state index in [1.165, 1.54) is 11.3 Å². The van der Waals surface area contributed by atoms with Crippen LogP contribution >= 0.6 is 22.7 Å². The number of amides is 1. The number of nitrogens with zero attached hydrogens (tertiary/aromatic N) is 4. The Morgan fingerprint density at radius 3 is 2.95 bits per heavy atom. The third kappa shape index (κ3) is 2.24. The van der Waals surface area contributed by atoms with Crippen LogP contribution in [0.4, 0.5) is 5.82 Å². The molecule has 22 heavy (non-hydrogen) atoms. The van der Waals surface area contributed by atoms with E-state index in [0.717, 1.165) is 34.8 Å². The number of fused-ring (bicyclic) bond motifs is 1. The van der Waals surface area contributed by atoms with E-state index in [1.54, 1.807) is 23.2 Å². The van der Waals surface area contributed by atoms with Crippen molar-refractivity contribution in [2.75, 3.05) is 18.0 Å². The average molecular weight is 331 g/mol. The molecule has 0 unspecified atom stereocenters. The van der Waals surface area contributed by atoms with Gasteiger partial charge in [-0.05, 0) is 18.4 Å². The largest absolute Gasteiger partial charge is 0.351 e. The maximum absolute atomic E-state index is 12.2. The second kappa shape index (κ2) is 5.29. The Hall–Kier alpha value is -2.06. The number of aromatic nitrogens is 3. The van der Waals surface area contributed by atoms with Crippen molar-refractivity contribution in [2.45, 2.75) is 13.0 Å². The van der Waals surface area contributed by atoms with Crippen molar-refractivity contribution >= 4 is 44.6 Å². The SMILES string of the molecule is Cc1ncsc1C(=O)NC1CN(c2ncnc3ccsc23)C1. The Kier molecular flexibility index (Phi) is 3.27. The molecule has 0 aliphatic carbocycles. The lowest BCUT2D eigenvalue weighted by Crippen LogP contribution is -2.59. The molecule has 1 saturated heterocycles. The normalized spacial score (nSPS) is 15.0. The van der Waals surface area contributed by atoms with Gasteiger partial charge in [0.05, 0.1) is 27.5 Å². The molecule has 1 amide bonds. The molecule has 1 aliphatic rings. The highest BCUT2D eigenvalue weighted by atomic mass is 32.1. The minimum atomic E-state index is -0.0337. The number of thiazole rings is 1. The van der Waals surface area contributed by atoms with E-state index < -0.39 is 0 Å². The van der Waals surface area contributed by atoms with Gasteiger partial charge in [0.25, 0.3) is 5.91 Å². The molecule has 3 aromatic heterocycles. The molecular formula is C14H13N5OS2. The maximum Gasteiger partial charge on any atom is 0.263 e. The van der Waals surface area contributed by atoms with Gasteiger partial charge in [-0.3, -0.25) is 4.79 Å². The molecule has 1 aliphatic heterocycles. The first-order chi connectivity index (χ1) is 10.7. The number of thiophene rings is 1. The Morgan fingerprint density at radius 1 is 1.32 bits per heavy atom. The minimum Gasteiger partial charge on any atom is -0.351 e. The summed E-state index contributed by atoms with van der Waals surface area (Å²) < 4.78 is 1.10. The quantitative estimate of drug-likeness (QED) is 0.795. The van der Waals surface area contributed by atoms with E-state index in [2.05, 4.69) is 25.2 Å². The van der Waals surface area contributed by atoms with Gasteiger partial charge >= 0.3 is 0 Å². The summed E-state index contributed by atoms with van der Waals surface area (Å²) in [6, 6.07) is 2.15. The smallest absolute Gasteiger partial charge is 0.263 e. The van der Waals surface area contributed by atoms with Gasteiger partial charge in [0.1, 0.15) is 17.0 Å². The monoisotopic (exact) mass is 331 g/mol. The van der Waals surface area contributed by atoms with Gasteiger partial charge in [-0.15, -0.1) is 22.7 Å². The van der Waals surface area contributed by atoms with Gasteiger partial charge in [-0.25, -0.2) is 15.0 Å². The molecule has 0 atom stereocenters. The molecule has 0 spiro atoms. The number of carbonyl (C=O) groups excluding carboxylic acids is 1. The Bertz CT molecular complexity index is 837. The van der Waals surface area contributed by atoms with Gasteiger partial charge in [0, 0.05) is 13.1 Å².